The molecule has 3 aromatic rings. The summed E-state index contributed by atoms with van der Waals surface area (Å²) in [7, 11) is 3.42. The minimum Gasteiger partial charge on any atom is -0.497 e. The monoisotopic (exact) mass is 368 g/mol. The number of rotatable bonds is 7. The van der Waals surface area contributed by atoms with Crippen molar-refractivity contribution in [2.24, 2.45) is 0 Å². The van der Waals surface area contributed by atoms with Crippen LogP contribution in [0.4, 0.5) is 5.69 Å². The summed E-state index contributed by atoms with van der Waals surface area (Å²) in [5.74, 6) is 2.57. The Bertz CT molecular complexity index is 847. The van der Waals surface area contributed by atoms with Crippen LogP contribution in [0.15, 0.2) is 65.2 Å². The van der Waals surface area contributed by atoms with Gasteiger partial charge in [0.05, 0.1) is 18.6 Å². The summed E-state index contributed by atoms with van der Waals surface area (Å²) in [5.41, 5.74) is 2.63. The van der Waals surface area contributed by atoms with Crippen LogP contribution in [0.1, 0.15) is 5.76 Å². The fraction of sp³-hybridized carbons (Fsp3) is 0.200. The number of methoxy groups -OCH3 is 1. The number of hydrogen-bond acceptors (Lipinski definition) is 5. The maximum absolute atomic E-state index is 12.3. The summed E-state index contributed by atoms with van der Waals surface area (Å²) < 4.78 is 10.5. The molecule has 0 saturated heterocycles. The minimum absolute atomic E-state index is 0.0519. The van der Waals surface area contributed by atoms with Gasteiger partial charge in [-0.3, -0.25) is 4.79 Å². The summed E-state index contributed by atoms with van der Waals surface area (Å²) in [6, 6.07) is 19.1. The van der Waals surface area contributed by atoms with Crippen LogP contribution in [-0.4, -0.2) is 31.0 Å². The lowest BCUT2D eigenvalue weighted by molar-refractivity contribution is -0.115. The molecule has 0 aliphatic rings. The van der Waals surface area contributed by atoms with Crippen LogP contribution in [0.25, 0.3) is 11.3 Å². The first kappa shape index (κ1) is 18.1. The van der Waals surface area contributed by atoms with E-state index in [2.05, 4.69) is 5.16 Å². The number of hydrogen-bond donors (Lipinski definition) is 0. The Morgan fingerprint density at radius 1 is 1.15 bits per heavy atom. The van der Waals surface area contributed by atoms with Gasteiger partial charge in [0.1, 0.15) is 17.2 Å². The van der Waals surface area contributed by atoms with E-state index in [4.69, 9.17) is 9.26 Å². The number of nitrogens with zero attached hydrogens (tertiary/aromatic N) is 2. The highest BCUT2D eigenvalue weighted by Gasteiger charge is 2.12. The molecule has 26 heavy (non-hydrogen) atoms. The standard InChI is InChI=1S/C20H20N2O3S/c1-22(16-6-4-3-5-7-16)20(23)14-26-13-18-12-19(21-25-18)15-8-10-17(24-2)11-9-15/h3-12H,13-14H2,1-2H3. The molecule has 0 unspecified atom stereocenters. The van der Waals surface area contributed by atoms with E-state index in [1.54, 1.807) is 19.1 Å². The number of para-hydroxylation sites is 1. The average molecular weight is 368 g/mol. The lowest BCUT2D eigenvalue weighted by Gasteiger charge is -2.16. The fourth-order valence-corrected chi connectivity index (χ4v) is 3.22. The third-order valence-corrected chi connectivity index (χ3v) is 4.87. The zero-order chi connectivity index (χ0) is 18.4. The summed E-state index contributed by atoms with van der Waals surface area (Å²) in [4.78, 5) is 13.9. The van der Waals surface area contributed by atoms with Gasteiger partial charge in [-0.05, 0) is 36.4 Å². The minimum atomic E-state index is 0.0519. The second-order valence-corrected chi connectivity index (χ2v) is 6.67. The van der Waals surface area contributed by atoms with Gasteiger partial charge in [-0.1, -0.05) is 23.4 Å². The van der Waals surface area contributed by atoms with E-state index in [9.17, 15) is 4.79 Å². The predicted octanol–water partition coefficient (Wildman–Crippen LogP) is 4.25. The van der Waals surface area contributed by atoms with Crippen molar-refractivity contribution < 1.29 is 14.1 Å². The molecular weight excluding hydrogens is 348 g/mol. The second kappa shape index (κ2) is 8.58. The van der Waals surface area contributed by atoms with Crippen LogP contribution in [0.2, 0.25) is 0 Å². The highest BCUT2D eigenvalue weighted by Crippen LogP contribution is 2.24. The van der Waals surface area contributed by atoms with Gasteiger partial charge < -0.3 is 14.2 Å². The molecule has 1 aromatic heterocycles. The van der Waals surface area contributed by atoms with E-state index in [-0.39, 0.29) is 5.91 Å². The Labute approximate surface area is 156 Å². The molecule has 0 aliphatic carbocycles. The molecular formula is C20H20N2O3S. The summed E-state index contributed by atoms with van der Waals surface area (Å²) in [6.45, 7) is 0. The summed E-state index contributed by atoms with van der Waals surface area (Å²) in [5, 5.41) is 4.10. The first-order chi connectivity index (χ1) is 12.7. The Morgan fingerprint density at radius 2 is 1.88 bits per heavy atom. The van der Waals surface area contributed by atoms with Crippen molar-refractivity contribution in [2.45, 2.75) is 5.75 Å². The molecule has 2 aromatic carbocycles. The van der Waals surface area contributed by atoms with Gasteiger partial charge in [0.15, 0.2) is 0 Å². The van der Waals surface area contributed by atoms with E-state index in [1.165, 1.54) is 11.8 Å². The first-order valence-electron chi connectivity index (χ1n) is 8.17. The Morgan fingerprint density at radius 3 is 2.58 bits per heavy atom. The van der Waals surface area contributed by atoms with E-state index in [0.717, 1.165) is 28.5 Å². The molecule has 5 nitrogen and oxygen atoms in total. The van der Waals surface area contributed by atoms with Crippen molar-refractivity contribution in [3.05, 3.63) is 66.4 Å². The molecule has 1 heterocycles. The van der Waals surface area contributed by atoms with Crippen molar-refractivity contribution >= 4 is 23.4 Å². The van der Waals surface area contributed by atoms with Crippen molar-refractivity contribution in [2.75, 3.05) is 24.8 Å². The number of anilines is 1. The number of ether oxygens (including phenoxy) is 1. The number of amides is 1. The van der Waals surface area contributed by atoms with Crippen molar-refractivity contribution in [1.82, 2.24) is 5.16 Å². The van der Waals surface area contributed by atoms with E-state index in [1.807, 2.05) is 60.7 Å². The van der Waals surface area contributed by atoms with Gasteiger partial charge in [-0.15, -0.1) is 11.8 Å². The van der Waals surface area contributed by atoms with E-state index in [0.29, 0.717) is 11.5 Å². The molecule has 0 N–H and O–H groups in total. The van der Waals surface area contributed by atoms with Crippen molar-refractivity contribution in [3.63, 3.8) is 0 Å². The molecule has 1 amide bonds. The molecule has 0 spiro atoms. The Balaban J connectivity index is 1.52. The van der Waals surface area contributed by atoms with Crippen LogP contribution < -0.4 is 9.64 Å². The molecule has 0 bridgehead atoms. The molecule has 0 atom stereocenters. The Kier molecular flexibility index (Phi) is 5.96. The SMILES string of the molecule is COc1ccc(-c2cc(CSCC(=O)N(C)c3ccccc3)on2)cc1. The van der Waals surface area contributed by atoms with Crippen LogP contribution >= 0.6 is 11.8 Å². The van der Waals surface area contributed by atoms with Gasteiger partial charge in [0.25, 0.3) is 0 Å². The lowest BCUT2D eigenvalue weighted by Crippen LogP contribution is -2.27. The topological polar surface area (TPSA) is 55.6 Å². The molecule has 0 radical (unpaired) electrons. The maximum Gasteiger partial charge on any atom is 0.236 e. The lowest BCUT2D eigenvalue weighted by atomic mass is 10.1. The smallest absolute Gasteiger partial charge is 0.236 e. The number of benzene rings is 2. The largest absolute Gasteiger partial charge is 0.497 e. The average Bonchev–Trinajstić information content (AvgIpc) is 3.17. The molecule has 3 rings (SSSR count). The molecule has 0 saturated carbocycles. The van der Waals surface area contributed by atoms with Gasteiger partial charge in [-0.25, -0.2) is 0 Å². The number of carbonyl (C=O) groups is 1. The van der Waals surface area contributed by atoms with Gasteiger partial charge >= 0.3 is 0 Å². The van der Waals surface area contributed by atoms with E-state index < -0.39 is 0 Å². The van der Waals surface area contributed by atoms with E-state index >= 15 is 0 Å². The fourth-order valence-electron chi connectivity index (χ4n) is 2.41. The zero-order valence-corrected chi connectivity index (χ0v) is 15.5. The highest BCUT2D eigenvalue weighted by atomic mass is 32.2. The quantitative estimate of drug-likeness (QED) is 0.624. The third-order valence-electron chi connectivity index (χ3n) is 3.93. The summed E-state index contributed by atoms with van der Waals surface area (Å²) in [6.07, 6.45) is 0. The first-order valence-corrected chi connectivity index (χ1v) is 9.32. The van der Waals surface area contributed by atoms with Gasteiger partial charge in [-0.2, -0.15) is 0 Å². The number of thioether (sulfide) groups is 1. The van der Waals surface area contributed by atoms with Gasteiger partial charge in [0, 0.05) is 24.4 Å². The third kappa shape index (κ3) is 4.46. The normalized spacial score (nSPS) is 10.5. The van der Waals surface area contributed by atoms with Crippen LogP contribution in [0, 0.1) is 0 Å². The number of aromatic nitrogens is 1. The predicted molar refractivity (Wildman–Crippen MR) is 105 cm³/mol. The molecule has 134 valence electrons. The molecule has 0 aliphatic heterocycles. The second-order valence-electron chi connectivity index (χ2n) is 5.69. The summed E-state index contributed by atoms with van der Waals surface area (Å²) >= 11 is 1.51. The van der Waals surface area contributed by atoms with Crippen molar-refractivity contribution in [1.29, 1.82) is 0 Å². The van der Waals surface area contributed by atoms with Crippen LogP contribution in [0.5, 0.6) is 5.75 Å². The molecule has 0 fully saturated rings. The number of carbonyl (C=O) groups excluding carboxylic acids is 1. The van der Waals surface area contributed by atoms with Crippen LogP contribution in [0.3, 0.4) is 0 Å². The van der Waals surface area contributed by atoms with Gasteiger partial charge in [0.2, 0.25) is 5.91 Å². The zero-order valence-electron chi connectivity index (χ0n) is 14.7. The maximum atomic E-state index is 12.3. The highest BCUT2D eigenvalue weighted by molar-refractivity contribution is 7.99. The van der Waals surface area contributed by atoms with Crippen LogP contribution in [-0.2, 0) is 10.5 Å². The Hall–Kier alpha value is -2.73. The van der Waals surface area contributed by atoms with Crippen molar-refractivity contribution in [3.8, 4) is 17.0 Å². The molecule has 6 heteroatoms.